The standard InChI is InChI=1S/C18H16ClFN2O4/c19-15-9-13(3-7-16(15)20)10-21-18(24)11-26-14-5-1-12(2-6-14)4-8-17(23)22-25/h1-9,25H,10-11H2,(H,21,24)(H,22,23)/b8-4+. The Labute approximate surface area is 154 Å². The molecule has 2 aromatic carbocycles. The van der Waals surface area contributed by atoms with Crippen molar-refractivity contribution in [2.45, 2.75) is 6.54 Å². The van der Waals surface area contributed by atoms with Crippen LogP contribution < -0.4 is 15.5 Å². The molecule has 0 spiro atoms. The average Bonchev–Trinajstić information content (AvgIpc) is 2.66. The summed E-state index contributed by atoms with van der Waals surface area (Å²) < 4.78 is 18.4. The molecule has 2 aromatic rings. The number of ether oxygens (including phenoxy) is 1. The summed E-state index contributed by atoms with van der Waals surface area (Å²) in [6.07, 6.45) is 2.68. The lowest BCUT2D eigenvalue weighted by Crippen LogP contribution is -2.28. The van der Waals surface area contributed by atoms with Gasteiger partial charge < -0.3 is 10.1 Å². The third-order valence-electron chi connectivity index (χ3n) is 3.26. The SMILES string of the molecule is O=C(/C=C/c1ccc(OCC(=O)NCc2ccc(F)c(Cl)c2)cc1)NO. The maximum Gasteiger partial charge on any atom is 0.267 e. The van der Waals surface area contributed by atoms with E-state index >= 15 is 0 Å². The van der Waals surface area contributed by atoms with Crippen molar-refractivity contribution >= 4 is 29.5 Å². The van der Waals surface area contributed by atoms with Gasteiger partial charge in [0.25, 0.3) is 11.8 Å². The van der Waals surface area contributed by atoms with Crippen LogP contribution in [0.5, 0.6) is 5.75 Å². The number of amides is 2. The first kappa shape index (κ1) is 19.4. The predicted octanol–water partition coefficient (Wildman–Crippen LogP) is 2.69. The molecule has 0 aromatic heterocycles. The minimum Gasteiger partial charge on any atom is -0.484 e. The Morgan fingerprint density at radius 3 is 2.58 bits per heavy atom. The Morgan fingerprint density at radius 1 is 1.19 bits per heavy atom. The molecule has 0 aliphatic heterocycles. The second-order valence-corrected chi connectivity index (χ2v) is 5.60. The Kier molecular flexibility index (Phi) is 7.13. The quantitative estimate of drug-likeness (QED) is 0.393. The number of halogens is 2. The zero-order chi connectivity index (χ0) is 18.9. The molecule has 0 saturated heterocycles. The lowest BCUT2D eigenvalue weighted by molar-refractivity contribution is -0.124. The van der Waals surface area contributed by atoms with Gasteiger partial charge in [-0.15, -0.1) is 0 Å². The van der Waals surface area contributed by atoms with Crippen molar-refractivity contribution in [3.63, 3.8) is 0 Å². The summed E-state index contributed by atoms with van der Waals surface area (Å²) in [5.74, 6) is -1.01. The molecule has 8 heteroatoms. The maximum absolute atomic E-state index is 13.1. The van der Waals surface area contributed by atoms with Crippen LogP contribution in [0.15, 0.2) is 48.5 Å². The summed E-state index contributed by atoms with van der Waals surface area (Å²) in [5, 5.41) is 11.0. The largest absolute Gasteiger partial charge is 0.484 e. The molecule has 0 radical (unpaired) electrons. The zero-order valence-electron chi connectivity index (χ0n) is 13.5. The molecule has 0 atom stereocenters. The van der Waals surface area contributed by atoms with Crippen LogP contribution in [-0.2, 0) is 16.1 Å². The fourth-order valence-corrected chi connectivity index (χ4v) is 2.14. The Balaban J connectivity index is 1.78. The number of rotatable bonds is 7. The van der Waals surface area contributed by atoms with Crippen LogP contribution in [0.4, 0.5) is 4.39 Å². The molecule has 136 valence electrons. The third kappa shape index (κ3) is 6.19. The molecule has 2 amide bonds. The smallest absolute Gasteiger partial charge is 0.267 e. The molecule has 0 fully saturated rings. The van der Waals surface area contributed by atoms with Gasteiger partial charge in [0.05, 0.1) is 5.02 Å². The Morgan fingerprint density at radius 2 is 1.92 bits per heavy atom. The van der Waals surface area contributed by atoms with E-state index in [1.807, 2.05) is 0 Å². The van der Waals surface area contributed by atoms with E-state index in [9.17, 15) is 14.0 Å². The number of carbonyl (C=O) groups excluding carboxylic acids is 2. The van der Waals surface area contributed by atoms with E-state index in [0.717, 1.165) is 5.56 Å². The van der Waals surface area contributed by atoms with Crippen LogP contribution in [0.1, 0.15) is 11.1 Å². The highest BCUT2D eigenvalue weighted by atomic mass is 35.5. The number of hydrogen-bond donors (Lipinski definition) is 3. The van der Waals surface area contributed by atoms with Crippen LogP contribution in [0, 0.1) is 5.82 Å². The van der Waals surface area contributed by atoms with Crippen LogP contribution in [0.25, 0.3) is 6.08 Å². The van der Waals surface area contributed by atoms with Gasteiger partial charge >= 0.3 is 0 Å². The average molecular weight is 379 g/mol. The van der Waals surface area contributed by atoms with E-state index in [1.54, 1.807) is 24.3 Å². The minimum atomic E-state index is -0.635. The van der Waals surface area contributed by atoms with Gasteiger partial charge in [0.15, 0.2) is 6.61 Å². The van der Waals surface area contributed by atoms with Crippen LogP contribution in [0.2, 0.25) is 5.02 Å². The fraction of sp³-hybridized carbons (Fsp3) is 0.111. The zero-order valence-corrected chi connectivity index (χ0v) is 14.3. The minimum absolute atomic E-state index is 0.00129. The maximum atomic E-state index is 13.1. The van der Waals surface area contributed by atoms with Gasteiger partial charge in [-0.25, -0.2) is 9.87 Å². The highest BCUT2D eigenvalue weighted by molar-refractivity contribution is 6.30. The first-order valence-corrected chi connectivity index (χ1v) is 7.91. The van der Waals surface area contributed by atoms with Crippen molar-refractivity contribution in [2.75, 3.05) is 6.61 Å². The number of nitrogens with one attached hydrogen (secondary N) is 2. The van der Waals surface area contributed by atoms with E-state index in [1.165, 1.54) is 35.8 Å². The summed E-state index contributed by atoms with van der Waals surface area (Å²) in [6, 6.07) is 10.9. The molecule has 6 nitrogen and oxygen atoms in total. The summed E-state index contributed by atoms with van der Waals surface area (Å²) in [6.45, 7) is 0.0237. The van der Waals surface area contributed by atoms with Crippen molar-refractivity contribution in [2.24, 2.45) is 0 Å². The number of benzene rings is 2. The van der Waals surface area contributed by atoms with Gasteiger partial charge in [-0.2, -0.15) is 0 Å². The highest BCUT2D eigenvalue weighted by Crippen LogP contribution is 2.16. The van der Waals surface area contributed by atoms with E-state index in [2.05, 4.69) is 5.32 Å². The molecule has 26 heavy (non-hydrogen) atoms. The van der Waals surface area contributed by atoms with Crippen LogP contribution >= 0.6 is 11.6 Å². The lowest BCUT2D eigenvalue weighted by atomic mass is 10.2. The van der Waals surface area contributed by atoms with Gasteiger partial charge in [0.2, 0.25) is 0 Å². The molecule has 0 aliphatic carbocycles. The summed E-state index contributed by atoms with van der Waals surface area (Å²) in [5.41, 5.74) is 2.88. The number of carbonyl (C=O) groups is 2. The van der Waals surface area contributed by atoms with Crippen molar-refractivity contribution in [1.29, 1.82) is 0 Å². The molecule has 3 N–H and O–H groups in total. The first-order valence-electron chi connectivity index (χ1n) is 7.53. The van der Waals surface area contributed by atoms with Gasteiger partial charge in [-0.05, 0) is 41.5 Å². The topological polar surface area (TPSA) is 87.7 Å². The molecule has 0 saturated carbocycles. The first-order chi connectivity index (χ1) is 12.5. The van der Waals surface area contributed by atoms with Crippen molar-refractivity contribution < 1.29 is 23.9 Å². The van der Waals surface area contributed by atoms with Crippen molar-refractivity contribution in [1.82, 2.24) is 10.8 Å². The van der Waals surface area contributed by atoms with Crippen LogP contribution in [0.3, 0.4) is 0 Å². The summed E-state index contributed by atoms with van der Waals surface area (Å²) in [4.78, 5) is 22.7. The van der Waals surface area contributed by atoms with Gasteiger partial charge in [-0.3, -0.25) is 14.8 Å². The van der Waals surface area contributed by atoms with Gasteiger partial charge in [0, 0.05) is 12.6 Å². The van der Waals surface area contributed by atoms with E-state index in [0.29, 0.717) is 11.3 Å². The Hall–Kier alpha value is -2.90. The summed E-state index contributed by atoms with van der Waals surface area (Å²) >= 11 is 5.68. The Bertz CT molecular complexity index is 809. The lowest BCUT2D eigenvalue weighted by Gasteiger charge is -2.08. The van der Waals surface area contributed by atoms with E-state index < -0.39 is 11.7 Å². The van der Waals surface area contributed by atoms with Gasteiger partial charge in [0.1, 0.15) is 11.6 Å². The summed E-state index contributed by atoms with van der Waals surface area (Å²) in [7, 11) is 0. The number of hydrogen-bond acceptors (Lipinski definition) is 4. The number of hydroxylamine groups is 1. The second-order valence-electron chi connectivity index (χ2n) is 5.19. The molecular formula is C18H16ClFN2O4. The van der Waals surface area contributed by atoms with Crippen molar-refractivity contribution in [3.05, 3.63) is 70.5 Å². The third-order valence-corrected chi connectivity index (χ3v) is 3.55. The fourth-order valence-electron chi connectivity index (χ4n) is 1.93. The van der Waals surface area contributed by atoms with E-state index in [-0.39, 0.29) is 24.1 Å². The molecule has 0 heterocycles. The molecule has 0 aliphatic rings. The van der Waals surface area contributed by atoms with E-state index in [4.69, 9.17) is 21.5 Å². The molecule has 2 rings (SSSR count). The van der Waals surface area contributed by atoms with Crippen LogP contribution in [-0.4, -0.2) is 23.6 Å². The molecule has 0 unspecified atom stereocenters. The normalized spacial score (nSPS) is 10.6. The molecular weight excluding hydrogens is 363 g/mol. The second kappa shape index (κ2) is 9.55. The highest BCUT2D eigenvalue weighted by Gasteiger charge is 2.05. The van der Waals surface area contributed by atoms with Gasteiger partial charge in [-0.1, -0.05) is 29.8 Å². The monoisotopic (exact) mass is 378 g/mol. The van der Waals surface area contributed by atoms with Crippen molar-refractivity contribution in [3.8, 4) is 5.75 Å². The predicted molar refractivity (Wildman–Crippen MR) is 94.2 cm³/mol. The molecule has 0 bridgehead atoms.